The molecule has 6 nitrogen and oxygen atoms in total. The van der Waals surface area contributed by atoms with E-state index < -0.39 is 0 Å². The molecule has 1 fully saturated rings. The van der Waals surface area contributed by atoms with Crippen molar-refractivity contribution >= 4 is 23.2 Å². The lowest BCUT2D eigenvalue weighted by molar-refractivity contribution is -0.120. The lowest BCUT2D eigenvalue weighted by Crippen LogP contribution is -2.51. The van der Waals surface area contributed by atoms with E-state index in [-0.39, 0.29) is 23.8 Å². The number of amides is 2. The van der Waals surface area contributed by atoms with Gasteiger partial charge in [0.15, 0.2) is 0 Å². The third-order valence-corrected chi connectivity index (χ3v) is 5.60. The number of aromatic nitrogens is 1. The molecule has 2 heterocycles. The van der Waals surface area contributed by atoms with Gasteiger partial charge in [-0.15, -0.1) is 0 Å². The minimum atomic E-state index is -0.0605. The summed E-state index contributed by atoms with van der Waals surface area (Å²) >= 11 is 0. The summed E-state index contributed by atoms with van der Waals surface area (Å²) in [6, 6.07) is 11.9. The van der Waals surface area contributed by atoms with Crippen molar-refractivity contribution in [2.75, 3.05) is 16.3 Å². The van der Waals surface area contributed by atoms with Crippen LogP contribution in [-0.4, -0.2) is 29.4 Å². The standard InChI is InChI=1S/C23H24N4O2/c1-15-14-26(23(29)17-5-6-17)22-12-18(8-10-21(22)27(15)16(2)28)19-7-9-20(25-13-19)4-3-11-24/h7-10,12-13,15,17H,3-6,14H2,1-2H3/t15-/m0/s1. The van der Waals surface area contributed by atoms with Gasteiger partial charge in [-0.2, -0.15) is 5.26 Å². The molecule has 1 aromatic heterocycles. The Morgan fingerprint density at radius 1 is 1.17 bits per heavy atom. The van der Waals surface area contributed by atoms with Gasteiger partial charge in [-0.1, -0.05) is 12.1 Å². The summed E-state index contributed by atoms with van der Waals surface area (Å²) in [6.07, 6.45) is 4.78. The molecule has 2 aliphatic rings. The highest BCUT2D eigenvalue weighted by Crippen LogP contribution is 2.41. The van der Waals surface area contributed by atoms with Crippen molar-refractivity contribution in [3.63, 3.8) is 0 Å². The molecular weight excluding hydrogens is 364 g/mol. The lowest BCUT2D eigenvalue weighted by atomic mass is 10.0. The summed E-state index contributed by atoms with van der Waals surface area (Å²) in [5, 5.41) is 8.73. The Hall–Kier alpha value is -3.20. The fraction of sp³-hybridized carbons (Fsp3) is 0.391. The van der Waals surface area contributed by atoms with Gasteiger partial charge < -0.3 is 9.80 Å². The van der Waals surface area contributed by atoms with Crippen molar-refractivity contribution in [1.82, 2.24) is 4.98 Å². The Morgan fingerprint density at radius 3 is 2.55 bits per heavy atom. The molecule has 1 saturated carbocycles. The van der Waals surface area contributed by atoms with E-state index in [4.69, 9.17) is 5.26 Å². The molecule has 148 valence electrons. The molecule has 0 spiro atoms. The zero-order valence-corrected chi connectivity index (χ0v) is 16.8. The topological polar surface area (TPSA) is 77.3 Å². The fourth-order valence-corrected chi connectivity index (χ4v) is 3.97. The first-order valence-electron chi connectivity index (χ1n) is 10.1. The number of aryl methyl sites for hydroxylation is 1. The number of anilines is 2. The second-order valence-electron chi connectivity index (χ2n) is 7.86. The number of benzene rings is 1. The number of carbonyl (C=O) groups is 2. The zero-order chi connectivity index (χ0) is 20.5. The molecule has 6 heteroatoms. The van der Waals surface area contributed by atoms with Crippen LogP contribution in [0.2, 0.25) is 0 Å². The number of hydrogen-bond acceptors (Lipinski definition) is 4. The molecule has 0 radical (unpaired) electrons. The lowest BCUT2D eigenvalue weighted by Gasteiger charge is -2.41. The molecule has 1 aromatic carbocycles. The minimum absolute atomic E-state index is 0.0199. The number of nitriles is 1. The number of nitrogens with zero attached hydrogens (tertiary/aromatic N) is 4. The molecule has 0 saturated heterocycles. The zero-order valence-electron chi connectivity index (χ0n) is 16.8. The molecule has 29 heavy (non-hydrogen) atoms. The quantitative estimate of drug-likeness (QED) is 0.800. The Balaban J connectivity index is 1.72. The number of fused-ring (bicyclic) bond motifs is 1. The summed E-state index contributed by atoms with van der Waals surface area (Å²) in [7, 11) is 0. The van der Waals surface area contributed by atoms with E-state index in [9.17, 15) is 9.59 Å². The first kappa shape index (κ1) is 19.1. The smallest absolute Gasteiger partial charge is 0.230 e. The number of carbonyl (C=O) groups excluding carboxylic acids is 2. The van der Waals surface area contributed by atoms with Crippen molar-refractivity contribution in [2.45, 2.75) is 45.6 Å². The van der Waals surface area contributed by atoms with Crippen molar-refractivity contribution in [3.05, 3.63) is 42.2 Å². The predicted octanol–water partition coefficient (Wildman–Crippen LogP) is 3.70. The van der Waals surface area contributed by atoms with Crippen LogP contribution in [0.3, 0.4) is 0 Å². The first-order valence-corrected chi connectivity index (χ1v) is 10.1. The van der Waals surface area contributed by atoms with Crippen LogP contribution in [0.5, 0.6) is 0 Å². The second-order valence-corrected chi connectivity index (χ2v) is 7.86. The molecule has 0 unspecified atom stereocenters. The van der Waals surface area contributed by atoms with Gasteiger partial charge in [-0.05, 0) is 43.5 Å². The average molecular weight is 388 g/mol. The van der Waals surface area contributed by atoms with Gasteiger partial charge in [0, 0.05) is 49.7 Å². The van der Waals surface area contributed by atoms with Gasteiger partial charge in [0.05, 0.1) is 23.5 Å². The normalized spacial score (nSPS) is 18.2. The molecule has 0 N–H and O–H groups in total. The predicted molar refractivity (Wildman–Crippen MR) is 111 cm³/mol. The number of hydrogen-bond donors (Lipinski definition) is 0. The van der Waals surface area contributed by atoms with Gasteiger partial charge in [0.2, 0.25) is 11.8 Å². The molecule has 2 amide bonds. The summed E-state index contributed by atoms with van der Waals surface area (Å²) in [4.78, 5) is 33.3. The van der Waals surface area contributed by atoms with Crippen LogP contribution in [0.25, 0.3) is 11.1 Å². The molecule has 4 rings (SSSR count). The Morgan fingerprint density at radius 2 is 1.93 bits per heavy atom. The fourth-order valence-electron chi connectivity index (χ4n) is 3.97. The molecule has 1 aliphatic heterocycles. The van der Waals surface area contributed by atoms with Crippen LogP contribution in [0.4, 0.5) is 11.4 Å². The van der Waals surface area contributed by atoms with Gasteiger partial charge in [0.25, 0.3) is 0 Å². The van der Waals surface area contributed by atoms with Gasteiger partial charge >= 0.3 is 0 Å². The maximum Gasteiger partial charge on any atom is 0.230 e. The highest BCUT2D eigenvalue weighted by atomic mass is 16.2. The largest absolute Gasteiger partial charge is 0.308 e. The summed E-state index contributed by atoms with van der Waals surface area (Å²) < 4.78 is 0. The molecular formula is C23H24N4O2. The second kappa shape index (κ2) is 7.67. The van der Waals surface area contributed by atoms with Crippen molar-refractivity contribution in [3.8, 4) is 17.2 Å². The van der Waals surface area contributed by atoms with E-state index in [2.05, 4.69) is 11.1 Å². The van der Waals surface area contributed by atoms with Gasteiger partial charge in [0.1, 0.15) is 0 Å². The summed E-state index contributed by atoms with van der Waals surface area (Å²) in [5.74, 6) is 0.251. The summed E-state index contributed by atoms with van der Waals surface area (Å²) in [6.45, 7) is 4.06. The highest BCUT2D eigenvalue weighted by molar-refractivity contribution is 6.06. The monoisotopic (exact) mass is 388 g/mol. The van der Waals surface area contributed by atoms with Crippen molar-refractivity contribution in [1.29, 1.82) is 5.26 Å². The third kappa shape index (κ3) is 3.73. The van der Waals surface area contributed by atoms with Crippen LogP contribution in [0.1, 0.15) is 38.8 Å². The summed E-state index contributed by atoms with van der Waals surface area (Å²) in [5.41, 5.74) is 4.36. The minimum Gasteiger partial charge on any atom is -0.308 e. The maximum atomic E-state index is 12.9. The SMILES string of the molecule is CC(=O)N1c2ccc(-c3ccc(CCC#N)nc3)cc2N(C(=O)C2CC2)C[C@@H]1C. The van der Waals surface area contributed by atoms with Gasteiger partial charge in [-0.3, -0.25) is 14.6 Å². The van der Waals surface area contributed by atoms with E-state index in [1.165, 1.54) is 0 Å². The Labute approximate surface area is 170 Å². The van der Waals surface area contributed by atoms with E-state index in [0.29, 0.717) is 19.4 Å². The van der Waals surface area contributed by atoms with E-state index in [0.717, 1.165) is 41.0 Å². The van der Waals surface area contributed by atoms with Crippen LogP contribution in [0.15, 0.2) is 36.5 Å². The van der Waals surface area contributed by atoms with Crippen LogP contribution >= 0.6 is 0 Å². The van der Waals surface area contributed by atoms with Gasteiger partial charge in [-0.25, -0.2) is 0 Å². The highest BCUT2D eigenvalue weighted by Gasteiger charge is 2.39. The van der Waals surface area contributed by atoms with Crippen molar-refractivity contribution < 1.29 is 9.59 Å². The molecule has 1 aliphatic carbocycles. The van der Waals surface area contributed by atoms with Crippen LogP contribution in [0, 0.1) is 17.2 Å². The third-order valence-electron chi connectivity index (χ3n) is 5.60. The average Bonchev–Trinajstić information content (AvgIpc) is 3.56. The van der Waals surface area contributed by atoms with E-state index in [1.54, 1.807) is 18.0 Å². The van der Waals surface area contributed by atoms with E-state index >= 15 is 0 Å². The maximum absolute atomic E-state index is 12.9. The molecule has 1 atom stereocenters. The van der Waals surface area contributed by atoms with Crippen molar-refractivity contribution in [2.24, 2.45) is 5.92 Å². The first-order chi connectivity index (χ1) is 14.0. The van der Waals surface area contributed by atoms with Crippen LogP contribution in [-0.2, 0) is 16.0 Å². The molecule has 2 aromatic rings. The van der Waals surface area contributed by atoms with E-state index in [1.807, 2.05) is 42.2 Å². The Bertz CT molecular complexity index is 989. The number of rotatable bonds is 4. The molecule has 0 bridgehead atoms. The Kier molecular flexibility index (Phi) is 5.06. The number of pyridine rings is 1. The van der Waals surface area contributed by atoms with Crippen LogP contribution < -0.4 is 9.80 Å².